The van der Waals surface area contributed by atoms with Gasteiger partial charge in [-0.1, -0.05) is 11.6 Å². The van der Waals surface area contributed by atoms with E-state index in [2.05, 4.69) is 10.6 Å². The summed E-state index contributed by atoms with van der Waals surface area (Å²) in [5, 5.41) is 23.0. The molecule has 1 heterocycles. The van der Waals surface area contributed by atoms with E-state index in [1.54, 1.807) is 47.4 Å². The lowest BCUT2D eigenvalue weighted by Crippen LogP contribution is -2.55. The van der Waals surface area contributed by atoms with Crippen LogP contribution in [0.1, 0.15) is 22.3 Å². The molecule has 1 unspecified atom stereocenters. The average molecular weight is 487 g/mol. The molecule has 1 aliphatic rings. The molecule has 2 aromatic rings. The Hall–Kier alpha value is -3.63. The minimum Gasteiger partial charge on any atom is -0.481 e. The van der Waals surface area contributed by atoms with E-state index in [0.29, 0.717) is 60.2 Å². The predicted molar refractivity (Wildman–Crippen MR) is 131 cm³/mol. The summed E-state index contributed by atoms with van der Waals surface area (Å²) in [7, 11) is 0. The molecule has 1 fully saturated rings. The normalized spacial score (nSPS) is 16.0. The van der Waals surface area contributed by atoms with Gasteiger partial charge in [0, 0.05) is 60.7 Å². The third-order valence-corrected chi connectivity index (χ3v) is 5.84. The molecule has 0 radical (unpaired) electrons. The molecule has 0 bridgehead atoms. The number of amidine groups is 1. The lowest BCUT2D eigenvalue weighted by molar-refractivity contribution is -0.138. The van der Waals surface area contributed by atoms with Crippen molar-refractivity contribution in [1.82, 2.24) is 9.80 Å². The van der Waals surface area contributed by atoms with Gasteiger partial charge in [0.15, 0.2) is 0 Å². The van der Waals surface area contributed by atoms with E-state index in [9.17, 15) is 14.4 Å². The van der Waals surface area contributed by atoms with Gasteiger partial charge in [0.25, 0.3) is 5.91 Å². The first-order valence-corrected chi connectivity index (χ1v) is 11.1. The number of anilines is 2. The quantitative estimate of drug-likeness (QED) is 0.195. The van der Waals surface area contributed by atoms with E-state index in [0.717, 1.165) is 6.41 Å². The van der Waals surface area contributed by atoms with Gasteiger partial charge in [0.2, 0.25) is 6.41 Å². The van der Waals surface area contributed by atoms with Crippen molar-refractivity contribution in [3.05, 3.63) is 58.6 Å². The number of hydrogen-bond acceptors (Lipinski definition) is 6. The molecule has 0 aliphatic carbocycles. The molecule has 2 amide bonds. The molecule has 1 saturated heterocycles. The number of benzene rings is 2. The summed E-state index contributed by atoms with van der Waals surface area (Å²) in [6, 6.07) is 11.4. The summed E-state index contributed by atoms with van der Waals surface area (Å²) in [5.41, 5.74) is 7.45. The Labute approximate surface area is 202 Å². The Morgan fingerprint density at radius 3 is 2.59 bits per heavy atom. The molecule has 1 aliphatic heterocycles. The first-order chi connectivity index (χ1) is 16.3. The van der Waals surface area contributed by atoms with Crippen LogP contribution in [-0.4, -0.2) is 77.8 Å². The molecule has 6 N–H and O–H groups in total. The van der Waals surface area contributed by atoms with Crippen molar-refractivity contribution in [2.45, 2.75) is 12.5 Å². The summed E-state index contributed by atoms with van der Waals surface area (Å²) in [6.07, 6.45) is 0.800. The highest BCUT2D eigenvalue weighted by molar-refractivity contribution is 6.31. The highest BCUT2D eigenvalue weighted by Crippen LogP contribution is 2.23. The lowest BCUT2D eigenvalue weighted by Gasteiger charge is -2.40. The van der Waals surface area contributed by atoms with Crippen LogP contribution in [0.4, 0.5) is 11.4 Å². The third kappa shape index (κ3) is 6.69. The molecule has 3 rings (SSSR count). The van der Waals surface area contributed by atoms with Crippen LogP contribution in [0.15, 0.2) is 42.5 Å². The first kappa shape index (κ1) is 25.0. The predicted octanol–water partition coefficient (Wildman–Crippen LogP) is 1.91. The Bertz CT molecular complexity index is 1060. The largest absolute Gasteiger partial charge is 0.481 e. The fourth-order valence-electron chi connectivity index (χ4n) is 3.76. The summed E-state index contributed by atoms with van der Waals surface area (Å²) < 4.78 is 0. The first-order valence-electron chi connectivity index (χ1n) is 10.7. The number of halogens is 1. The second kappa shape index (κ2) is 11.5. The number of carbonyl (C=O) groups is 3. The Morgan fingerprint density at radius 2 is 1.94 bits per heavy atom. The smallest absolute Gasteiger partial charge is 0.304 e. The average Bonchev–Trinajstić information content (AvgIpc) is 2.82. The fraction of sp³-hybridized carbons (Fsp3) is 0.304. The van der Waals surface area contributed by atoms with Crippen molar-refractivity contribution in [2.75, 3.05) is 43.4 Å². The third-order valence-electron chi connectivity index (χ3n) is 5.61. The molecule has 0 aromatic heterocycles. The Morgan fingerprint density at radius 1 is 1.21 bits per heavy atom. The number of carbonyl (C=O) groups excluding carboxylic acids is 2. The summed E-state index contributed by atoms with van der Waals surface area (Å²) in [6.45, 7) is 2.34. The van der Waals surface area contributed by atoms with Crippen LogP contribution >= 0.6 is 11.6 Å². The van der Waals surface area contributed by atoms with E-state index in [-0.39, 0.29) is 24.2 Å². The topological polar surface area (TPSA) is 152 Å². The van der Waals surface area contributed by atoms with Crippen molar-refractivity contribution in [2.24, 2.45) is 5.73 Å². The minimum absolute atomic E-state index is 0.00854. The number of rotatable bonds is 10. The number of hydrogen-bond donors (Lipinski definition) is 5. The minimum atomic E-state index is -0.877. The molecule has 11 heteroatoms. The monoisotopic (exact) mass is 486 g/mol. The van der Waals surface area contributed by atoms with E-state index >= 15 is 0 Å². The maximum absolute atomic E-state index is 13.0. The SMILES string of the molecule is N=C(N)c1ccc(NC(=O)c2cc(Cl)ccc2NCC2CN(C=O)CCN2CCC(=O)O)cc1. The molecule has 1 atom stereocenters. The maximum atomic E-state index is 13.0. The number of carboxylic acids is 1. The molecule has 0 saturated carbocycles. The van der Waals surface area contributed by atoms with Gasteiger partial charge in [-0.05, 0) is 42.5 Å². The van der Waals surface area contributed by atoms with Crippen LogP contribution in [0.5, 0.6) is 0 Å². The van der Waals surface area contributed by atoms with Crippen molar-refractivity contribution in [3.63, 3.8) is 0 Å². The van der Waals surface area contributed by atoms with Crippen molar-refractivity contribution < 1.29 is 19.5 Å². The number of amides is 2. The van der Waals surface area contributed by atoms with E-state index in [4.69, 9.17) is 27.9 Å². The van der Waals surface area contributed by atoms with E-state index < -0.39 is 5.97 Å². The number of nitrogens with zero attached hydrogens (tertiary/aromatic N) is 2. The van der Waals surface area contributed by atoms with Gasteiger partial charge in [-0.25, -0.2) is 0 Å². The van der Waals surface area contributed by atoms with Crippen LogP contribution in [0.25, 0.3) is 0 Å². The summed E-state index contributed by atoms with van der Waals surface area (Å²) >= 11 is 6.15. The molecule has 180 valence electrons. The number of piperazine rings is 1. The number of nitrogens with one attached hydrogen (secondary N) is 3. The second-order valence-electron chi connectivity index (χ2n) is 7.95. The molecular weight excluding hydrogens is 460 g/mol. The van der Waals surface area contributed by atoms with Gasteiger partial charge in [0.1, 0.15) is 5.84 Å². The van der Waals surface area contributed by atoms with Crippen LogP contribution in [0, 0.1) is 5.41 Å². The highest BCUT2D eigenvalue weighted by atomic mass is 35.5. The summed E-state index contributed by atoms with van der Waals surface area (Å²) in [4.78, 5) is 39.0. The van der Waals surface area contributed by atoms with Crippen LogP contribution in [0.2, 0.25) is 5.02 Å². The van der Waals surface area contributed by atoms with Gasteiger partial charge in [-0.15, -0.1) is 0 Å². The molecule has 0 spiro atoms. The number of aliphatic carboxylic acids is 1. The van der Waals surface area contributed by atoms with Gasteiger partial charge in [-0.2, -0.15) is 0 Å². The zero-order valence-corrected chi connectivity index (χ0v) is 19.2. The maximum Gasteiger partial charge on any atom is 0.304 e. The van der Waals surface area contributed by atoms with Gasteiger partial charge < -0.3 is 26.4 Å². The van der Waals surface area contributed by atoms with Gasteiger partial charge >= 0.3 is 5.97 Å². The lowest BCUT2D eigenvalue weighted by atomic mass is 10.1. The number of nitrogen functional groups attached to an aromatic ring is 1. The van der Waals surface area contributed by atoms with E-state index in [1.807, 2.05) is 4.90 Å². The van der Waals surface area contributed by atoms with Crippen molar-refractivity contribution in [1.29, 1.82) is 5.41 Å². The van der Waals surface area contributed by atoms with Gasteiger partial charge in [0.05, 0.1) is 12.0 Å². The molecular formula is C23H27ClN6O4. The molecule has 34 heavy (non-hydrogen) atoms. The molecule has 2 aromatic carbocycles. The standard InChI is InChI=1S/C23H27ClN6O4/c24-16-3-6-20(19(11-16)23(34)28-17-4-1-15(2-5-17)22(25)26)27-12-18-13-29(14-31)9-10-30(18)8-7-21(32)33/h1-6,11,14,18,27H,7-10,12-13H2,(H3,25,26)(H,28,34)(H,32,33). The number of nitrogens with two attached hydrogens (primary N) is 1. The molecule has 10 nitrogen and oxygen atoms in total. The highest BCUT2D eigenvalue weighted by Gasteiger charge is 2.27. The second-order valence-corrected chi connectivity index (χ2v) is 8.39. The van der Waals surface area contributed by atoms with Crippen LogP contribution in [0.3, 0.4) is 0 Å². The zero-order valence-electron chi connectivity index (χ0n) is 18.5. The fourth-order valence-corrected chi connectivity index (χ4v) is 3.93. The number of carboxylic acid groups (broad SMARTS) is 1. The Balaban J connectivity index is 1.72. The van der Waals surface area contributed by atoms with Crippen molar-refractivity contribution in [3.8, 4) is 0 Å². The van der Waals surface area contributed by atoms with Gasteiger partial charge in [-0.3, -0.25) is 24.7 Å². The van der Waals surface area contributed by atoms with Crippen LogP contribution in [-0.2, 0) is 9.59 Å². The van der Waals surface area contributed by atoms with E-state index in [1.165, 1.54) is 0 Å². The Kier molecular flexibility index (Phi) is 8.44. The van der Waals surface area contributed by atoms with Crippen molar-refractivity contribution >= 4 is 47.1 Å². The summed E-state index contributed by atoms with van der Waals surface area (Å²) in [5.74, 6) is -1.31. The van der Waals surface area contributed by atoms with Crippen LogP contribution < -0.4 is 16.4 Å². The zero-order chi connectivity index (χ0) is 24.7.